The second kappa shape index (κ2) is 5.80. The Labute approximate surface area is 103 Å². The van der Waals surface area contributed by atoms with Crippen LogP contribution in [-0.4, -0.2) is 24.2 Å². The molecule has 6 nitrogen and oxygen atoms in total. The third-order valence-corrected chi connectivity index (χ3v) is 2.00. The molecule has 17 heavy (non-hydrogen) atoms. The number of amides is 3. The summed E-state index contributed by atoms with van der Waals surface area (Å²) in [6, 6.07) is 5.67. The first-order valence-corrected chi connectivity index (χ1v) is 4.99. The molecule has 90 valence electrons. The van der Waals surface area contributed by atoms with Crippen LogP contribution in [-0.2, 0) is 0 Å². The number of hydrogen-bond donors (Lipinski definition) is 3. The fourth-order valence-electron chi connectivity index (χ4n) is 1.08. The molecule has 4 N–H and O–H groups in total. The van der Waals surface area contributed by atoms with E-state index in [1.54, 1.807) is 24.3 Å². The first kappa shape index (κ1) is 12.9. The Morgan fingerprint density at radius 2 is 2.06 bits per heavy atom. The van der Waals surface area contributed by atoms with Crippen LogP contribution in [0.25, 0.3) is 0 Å². The Balaban J connectivity index is 2.69. The third-order valence-electron chi connectivity index (χ3n) is 1.80. The van der Waals surface area contributed by atoms with E-state index in [2.05, 4.69) is 10.6 Å². The fraction of sp³-hybridized carbons (Fsp3) is 0.100. The van der Waals surface area contributed by atoms with Gasteiger partial charge in [-0.3, -0.25) is 15.4 Å². The molecule has 0 aliphatic rings. The fourth-order valence-corrected chi connectivity index (χ4v) is 1.28. The molecule has 0 aromatic heterocycles. The Morgan fingerprint density at radius 3 is 2.65 bits per heavy atom. The molecule has 3 amide bonds. The SMILES string of the molecule is COc1cccc(C(=O)NC(=S)NC(N)=O)c1. The van der Waals surface area contributed by atoms with Crippen molar-refractivity contribution in [2.45, 2.75) is 0 Å². The van der Waals surface area contributed by atoms with Gasteiger partial charge in [-0.05, 0) is 30.4 Å². The molecule has 0 aliphatic heterocycles. The third kappa shape index (κ3) is 4.07. The smallest absolute Gasteiger partial charge is 0.318 e. The van der Waals surface area contributed by atoms with Crippen LogP contribution < -0.4 is 21.1 Å². The van der Waals surface area contributed by atoms with Crippen LogP contribution in [0.5, 0.6) is 5.75 Å². The van der Waals surface area contributed by atoms with E-state index >= 15 is 0 Å². The summed E-state index contributed by atoms with van der Waals surface area (Å²) in [5.41, 5.74) is 5.20. The van der Waals surface area contributed by atoms with Crippen LogP contribution in [0.2, 0.25) is 0 Å². The summed E-state index contributed by atoms with van der Waals surface area (Å²) in [4.78, 5) is 22.1. The van der Waals surface area contributed by atoms with Crippen molar-refractivity contribution in [3.05, 3.63) is 29.8 Å². The number of primary amides is 1. The van der Waals surface area contributed by atoms with Crippen LogP contribution in [0.4, 0.5) is 4.79 Å². The van der Waals surface area contributed by atoms with Gasteiger partial charge in [-0.2, -0.15) is 0 Å². The second-order valence-electron chi connectivity index (χ2n) is 3.00. The number of benzene rings is 1. The minimum atomic E-state index is -0.832. The lowest BCUT2D eigenvalue weighted by Crippen LogP contribution is -2.44. The van der Waals surface area contributed by atoms with Crippen LogP contribution in [0, 0.1) is 0 Å². The van der Waals surface area contributed by atoms with E-state index in [4.69, 9.17) is 22.7 Å². The highest BCUT2D eigenvalue weighted by molar-refractivity contribution is 7.80. The molecule has 0 saturated heterocycles. The van der Waals surface area contributed by atoms with E-state index in [-0.39, 0.29) is 5.11 Å². The molecule has 0 fully saturated rings. The van der Waals surface area contributed by atoms with E-state index in [1.165, 1.54) is 7.11 Å². The van der Waals surface area contributed by atoms with Gasteiger partial charge < -0.3 is 10.5 Å². The maximum Gasteiger partial charge on any atom is 0.318 e. The number of nitrogens with two attached hydrogens (primary N) is 1. The standard InChI is InChI=1S/C10H11N3O3S/c1-16-7-4-2-3-6(5-7)8(14)12-10(17)13-9(11)15/h2-5H,1H3,(H4,11,12,13,14,15,17). The van der Waals surface area contributed by atoms with Gasteiger partial charge in [0, 0.05) is 5.56 Å². The summed E-state index contributed by atoms with van der Waals surface area (Å²) in [7, 11) is 1.50. The molecular formula is C10H11N3O3S. The van der Waals surface area contributed by atoms with Gasteiger partial charge in [-0.15, -0.1) is 0 Å². The zero-order valence-electron chi connectivity index (χ0n) is 9.02. The molecule has 1 rings (SSSR count). The minimum Gasteiger partial charge on any atom is -0.497 e. The van der Waals surface area contributed by atoms with Crippen molar-refractivity contribution < 1.29 is 14.3 Å². The van der Waals surface area contributed by atoms with Crippen LogP contribution in [0.15, 0.2) is 24.3 Å². The number of carbonyl (C=O) groups is 2. The average Bonchev–Trinajstić information content (AvgIpc) is 2.27. The van der Waals surface area contributed by atoms with Crippen LogP contribution in [0.3, 0.4) is 0 Å². The maximum absolute atomic E-state index is 11.7. The molecule has 7 heteroatoms. The first-order valence-electron chi connectivity index (χ1n) is 4.58. The lowest BCUT2D eigenvalue weighted by Gasteiger charge is -2.07. The van der Waals surface area contributed by atoms with Crippen LogP contribution >= 0.6 is 12.2 Å². The van der Waals surface area contributed by atoms with Gasteiger partial charge in [0.1, 0.15) is 5.75 Å². The van der Waals surface area contributed by atoms with Gasteiger partial charge in [0.05, 0.1) is 7.11 Å². The average molecular weight is 253 g/mol. The maximum atomic E-state index is 11.7. The molecule has 0 spiro atoms. The predicted octanol–water partition coefficient (Wildman–Crippen LogP) is 0.378. The number of urea groups is 1. The molecule has 1 aromatic carbocycles. The quantitative estimate of drug-likeness (QED) is 0.664. The second-order valence-corrected chi connectivity index (χ2v) is 3.41. The Morgan fingerprint density at radius 1 is 1.35 bits per heavy atom. The van der Waals surface area contributed by atoms with Gasteiger partial charge in [0.15, 0.2) is 5.11 Å². The molecule has 0 heterocycles. The Hall–Kier alpha value is -2.15. The van der Waals surface area contributed by atoms with Crippen molar-refractivity contribution in [3.8, 4) is 5.75 Å². The lowest BCUT2D eigenvalue weighted by molar-refractivity contribution is 0.0976. The zero-order chi connectivity index (χ0) is 12.8. The predicted molar refractivity (Wildman–Crippen MR) is 65.8 cm³/mol. The van der Waals surface area contributed by atoms with E-state index < -0.39 is 11.9 Å². The molecule has 0 atom stereocenters. The molecule has 0 aliphatic carbocycles. The summed E-state index contributed by atoms with van der Waals surface area (Å²) in [5, 5.41) is 4.24. The Bertz CT molecular complexity index is 462. The number of carbonyl (C=O) groups excluding carboxylic acids is 2. The van der Waals surface area contributed by atoms with Crippen molar-refractivity contribution in [2.24, 2.45) is 5.73 Å². The highest BCUT2D eigenvalue weighted by Crippen LogP contribution is 2.12. The summed E-state index contributed by atoms with van der Waals surface area (Å²) in [6.45, 7) is 0. The number of hydrogen-bond acceptors (Lipinski definition) is 4. The summed E-state index contributed by atoms with van der Waals surface area (Å²) in [5.74, 6) is 0.0917. The zero-order valence-corrected chi connectivity index (χ0v) is 9.84. The molecule has 0 bridgehead atoms. The largest absolute Gasteiger partial charge is 0.497 e. The topological polar surface area (TPSA) is 93.4 Å². The van der Waals surface area contributed by atoms with Crippen LogP contribution in [0.1, 0.15) is 10.4 Å². The normalized spacial score (nSPS) is 9.24. The van der Waals surface area contributed by atoms with Gasteiger partial charge >= 0.3 is 6.03 Å². The number of nitrogens with one attached hydrogen (secondary N) is 2. The van der Waals surface area contributed by atoms with E-state index in [0.29, 0.717) is 11.3 Å². The van der Waals surface area contributed by atoms with E-state index in [1.807, 2.05) is 0 Å². The van der Waals surface area contributed by atoms with Gasteiger partial charge in [-0.1, -0.05) is 6.07 Å². The monoisotopic (exact) mass is 253 g/mol. The number of ether oxygens (including phenoxy) is 1. The summed E-state index contributed by atoms with van der Waals surface area (Å²) in [6.07, 6.45) is 0. The van der Waals surface area contributed by atoms with Crippen molar-refractivity contribution in [1.29, 1.82) is 0 Å². The van der Waals surface area contributed by atoms with Crippen molar-refractivity contribution in [2.75, 3.05) is 7.11 Å². The minimum absolute atomic E-state index is 0.148. The van der Waals surface area contributed by atoms with Gasteiger partial charge in [0.2, 0.25) is 0 Å². The van der Waals surface area contributed by atoms with Crippen molar-refractivity contribution in [3.63, 3.8) is 0 Å². The summed E-state index contributed by atoms with van der Waals surface area (Å²) >= 11 is 4.69. The first-order chi connectivity index (χ1) is 8.02. The highest BCUT2D eigenvalue weighted by atomic mass is 32.1. The van der Waals surface area contributed by atoms with Gasteiger partial charge in [-0.25, -0.2) is 4.79 Å². The number of methoxy groups -OCH3 is 1. The highest BCUT2D eigenvalue weighted by Gasteiger charge is 2.09. The number of rotatable bonds is 2. The molecule has 0 radical (unpaired) electrons. The Kier molecular flexibility index (Phi) is 4.41. The summed E-state index contributed by atoms with van der Waals surface area (Å²) < 4.78 is 4.97. The lowest BCUT2D eigenvalue weighted by atomic mass is 10.2. The molecule has 0 unspecified atom stereocenters. The van der Waals surface area contributed by atoms with Gasteiger partial charge in [0.25, 0.3) is 5.91 Å². The van der Waals surface area contributed by atoms with Crippen molar-refractivity contribution in [1.82, 2.24) is 10.6 Å². The number of thiocarbonyl (C=S) groups is 1. The van der Waals surface area contributed by atoms with E-state index in [9.17, 15) is 9.59 Å². The van der Waals surface area contributed by atoms with E-state index in [0.717, 1.165) is 0 Å². The molecular weight excluding hydrogens is 242 g/mol. The molecule has 1 aromatic rings. The molecule has 0 saturated carbocycles. The van der Waals surface area contributed by atoms with Crippen molar-refractivity contribution >= 4 is 29.3 Å².